The first-order valence-corrected chi connectivity index (χ1v) is 25.8. The van der Waals surface area contributed by atoms with Crippen LogP contribution in [0, 0.1) is 11.3 Å². The van der Waals surface area contributed by atoms with Crippen molar-refractivity contribution in [3.05, 3.63) is 254 Å². The molecule has 0 aliphatic carbocycles. The smallest absolute Gasteiger partial charge is 0.309 e. The Kier molecular flexibility index (Phi) is 11.5. The fourth-order valence-electron chi connectivity index (χ4n) is 10.7. The van der Waals surface area contributed by atoms with Gasteiger partial charge in [-0.3, -0.25) is 0 Å². The number of para-hydroxylation sites is 2. The van der Waals surface area contributed by atoms with Crippen LogP contribution in [0.25, 0.3) is 134 Å². The molecule has 12 heteroatoms. The third-order valence-electron chi connectivity index (χ3n) is 14.5. The number of nitrogens with zero attached hydrogens (tertiary/aromatic N) is 9. The molecule has 0 spiro atoms. The molecule has 0 amide bonds. The normalized spacial score (nSPS) is 11.7. The number of benzene rings is 10. The molecule has 4 aromatic heterocycles. The summed E-state index contributed by atoms with van der Waals surface area (Å²) in [6, 6.07) is 78.4. The van der Waals surface area contributed by atoms with E-state index in [2.05, 4.69) is 12.1 Å². The topological polar surface area (TPSA) is 111 Å². The summed E-state index contributed by atoms with van der Waals surface area (Å²) >= 11 is 0. The van der Waals surface area contributed by atoms with E-state index in [4.69, 9.17) is 29.9 Å². The van der Waals surface area contributed by atoms with Crippen LogP contribution in [0.3, 0.4) is 0 Å². The Bertz CT molecular complexity index is 4650. The third-order valence-corrected chi connectivity index (χ3v) is 14.5. The van der Waals surface area contributed by atoms with Crippen LogP contribution in [0.2, 0.25) is 0 Å². The lowest BCUT2D eigenvalue weighted by atomic mass is 9.97. The van der Waals surface area contributed by atoms with E-state index in [1.54, 1.807) is 12.1 Å². The quantitative estimate of drug-likeness (QED) is 0.142. The molecule has 0 bridgehead atoms. The van der Waals surface area contributed by atoms with Crippen LogP contribution in [-0.2, 0) is 6.18 Å². The maximum absolute atomic E-state index is 14.8. The van der Waals surface area contributed by atoms with Gasteiger partial charge in [-0.2, -0.15) is 18.4 Å². The van der Waals surface area contributed by atoms with Gasteiger partial charge in [-0.25, -0.2) is 29.9 Å². The zero-order valence-corrected chi connectivity index (χ0v) is 42.3. The zero-order valence-electron chi connectivity index (χ0n) is 42.3. The van der Waals surface area contributed by atoms with Crippen molar-refractivity contribution < 1.29 is 13.2 Å². The number of aromatic nitrogens is 8. The third kappa shape index (κ3) is 8.37. The Hall–Kier alpha value is -10.9. The molecule has 0 radical (unpaired) electrons. The van der Waals surface area contributed by atoms with E-state index in [1.165, 1.54) is 12.1 Å². The Morgan fingerprint density at radius 1 is 0.312 bits per heavy atom. The molecule has 14 rings (SSSR count). The average Bonchev–Trinajstić information content (AvgIpc) is 4.04. The van der Waals surface area contributed by atoms with Gasteiger partial charge < -0.3 is 9.13 Å². The van der Waals surface area contributed by atoms with Crippen molar-refractivity contribution in [2.75, 3.05) is 0 Å². The lowest BCUT2D eigenvalue weighted by Gasteiger charge is -2.19. The first kappa shape index (κ1) is 47.5. The van der Waals surface area contributed by atoms with Crippen LogP contribution in [0.5, 0.6) is 0 Å². The van der Waals surface area contributed by atoms with Crippen molar-refractivity contribution in [2.24, 2.45) is 0 Å². The van der Waals surface area contributed by atoms with Gasteiger partial charge in [-0.05, 0) is 78.4 Å². The lowest BCUT2D eigenvalue weighted by molar-refractivity contribution is -0.137. The Labute approximate surface area is 455 Å². The van der Waals surface area contributed by atoms with Crippen molar-refractivity contribution in [3.63, 3.8) is 0 Å². The van der Waals surface area contributed by atoms with Crippen molar-refractivity contribution in [3.8, 4) is 96.9 Å². The Morgan fingerprint density at radius 2 is 0.675 bits per heavy atom. The van der Waals surface area contributed by atoms with Gasteiger partial charge >= 0.3 is 6.18 Å². The number of hydrogen-bond acceptors (Lipinski definition) is 7. The number of alkyl halides is 3. The monoisotopic (exact) mass is 1040 g/mol. The highest BCUT2D eigenvalue weighted by atomic mass is 19.4. The van der Waals surface area contributed by atoms with Crippen LogP contribution in [-0.4, -0.2) is 39.0 Å². The van der Waals surface area contributed by atoms with Gasteiger partial charge in [0.05, 0.1) is 44.6 Å². The summed E-state index contributed by atoms with van der Waals surface area (Å²) in [7, 11) is 0. The van der Waals surface area contributed by atoms with E-state index in [0.717, 1.165) is 83.1 Å². The Balaban J connectivity index is 0.976. The summed E-state index contributed by atoms with van der Waals surface area (Å²) in [5, 5.41) is 14.8. The second kappa shape index (κ2) is 19.3. The summed E-state index contributed by atoms with van der Waals surface area (Å²) in [6.07, 6.45) is -4.63. The molecule has 378 valence electrons. The largest absolute Gasteiger partial charge is 0.416 e. The maximum Gasteiger partial charge on any atom is 0.416 e. The molecule has 10 aromatic carbocycles. The summed E-state index contributed by atoms with van der Waals surface area (Å²) in [5.41, 5.74) is 9.24. The zero-order chi connectivity index (χ0) is 53.9. The van der Waals surface area contributed by atoms with Crippen LogP contribution in [0.4, 0.5) is 13.2 Å². The number of nitriles is 1. The molecule has 14 aromatic rings. The number of halogens is 3. The van der Waals surface area contributed by atoms with Gasteiger partial charge in [0.2, 0.25) is 0 Å². The van der Waals surface area contributed by atoms with E-state index in [9.17, 15) is 18.4 Å². The average molecular weight is 1040 g/mol. The summed E-state index contributed by atoms with van der Waals surface area (Å²) < 4.78 is 48.3. The fraction of sp³-hybridized carbons (Fsp3) is 0.0147. The minimum Gasteiger partial charge on any atom is -0.309 e. The lowest BCUT2D eigenvalue weighted by Crippen LogP contribution is -2.06. The molecule has 0 aliphatic rings. The summed E-state index contributed by atoms with van der Waals surface area (Å²) in [5.74, 6) is 3.04. The van der Waals surface area contributed by atoms with E-state index in [0.29, 0.717) is 63.0 Å². The van der Waals surface area contributed by atoms with Gasteiger partial charge in [0.1, 0.15) is 6.07 Å². The van der Waals surface area contributed by atoms with Gasteiger partial charge in [0, 0.05) is 60.5 Å². The molecular weight excluding hydrogens is 1000 g/mol. The van der Waals surface area contributed by atoms with Gasteiger partial charge in [0.25, 0.3) is 0 Å². The van der Waals surface area contributed by atoms with Gasteiger partial charge in [0.15, 0.2) is 34.9 Å². The van der Waals surface area contributed by atoms with Crippen LogP contribution >= 0.6 is 0 Å². The Morgan fingerprint density at radius 3 is 1.09 bits per heavy atom. The molecule has 0 N–H and O–H groups in total. The predicted octanol–water partition coefficient (Wildman–Crippen LogP) is 16.8. The van der Waals surface area contributed by atoms with Gasteiger partial charge in [-0.1, -0.05) is 170 Å². The summed E-state index contributed by atoms with van der Waals surface area (Å²) in [4.78, 5) is 29.9. The molecule has 0 unspecified atom stereocenters. The number of hydrogen-bond donors (Lipinski definition) is 0. The van der Waals surface area contributed by atoms with Crippen molar-refractivity contribution in [1.82, 2.24) is 39.0 Å². The highest BCUT2D eigenvalue weighted by Gasteiger charge is 2.31. The van der Waals surface area contributed by atoms with E-state index >= 15 is 0 Å². The predicted molar refractivity (Wildman–Crippen MR) is 310 cm³/mol. The first-order valence-electron chi connectivity index (χ1n) is 25.8. The fourth-order valence-corrected chi connectivity index (χ4v) is 10.7. The van der Waals surface area contributed by atoms with Crippen molar-refractivity contribution >= 4 is 43.6 Å². The SMILES string of the molecule is N#Cc1cc(-n2c3ccccc3c3cc(-c4nc(-c5ccccc5)nc(-c5ccccc5)n4)ccc32)c(-c2cccc(C(F)(F)F)c2)cc1-n1c2ccccc2c2cc(-c3nc(-c4ccccc4)nc(-c4ccccc4)n3)ccc21. The van der Waals surface area contributed by atoms with Crippen LogP contribution in [0.1, 0.15) is 11.1 Å². The molecule has 0 saturated carbocycles. The molecule has 0 aliphatic heterocycles. The summed E-state index contributed by atoms with van der Waals surface area (Å²) in [6.45, 7) is 0. The molecule has 80 heavy (non-hydrogen) atoms. The molecule has 0 fully saturated rings. The first-order chi connectivity index (χ1) is 39.2. The second-order valence-electron chi connectivity index (χ2n) is 19.3. The molecule has 0 atom stereocenters. The highest BCUT2D eigenvalue weighted by molar-refractivity contribution is 6.12. The number of rotatable bonds is 9. The van der Waals surface area contributed by atoms with Crippen molar-refractivity contribution in [1.29, 1.82) is 5.26 Å². The van der Waals surface area contributed by atoms with Crippen molar-refractivity contribution in [2.45, 2.75) is 6.18 Å². The van der Waals surface area contributed by atoms with Crippen LogP contribution < -0.4 is 0 Å². The second-order valence-corrected chi connectivity index (χ2v) is 19.3. The molecular formula is C68H40F3N9. The van der Waals surface area contributed by atoms with Crippen LogP contribution in [0.15, 0.2) is 243 Å². The standard InChI is InChI=1S/C68H40F3N9/c69-68(70,71)50-27-17-26-46(36-50)53-40-60(79-56-30-15-13-28-51(56)54-37-47(32-34-58(54)79)66-75-62(42-18-5-1-6-19-42)73-63(76-66)43-20-7-2-8-21-43)49(41-72)39-61(53)80-57-31-16-14-29-52(57)55-38-48(33-35-59(55)80)67-77-64(44-22-9-3-10-23-44)74-65(78-67)45-24-11-4-12-25-45/h1-40H. The van der Waals surface area contributed by atoms with E-state index in [1.807, 2.05) is 215 Å². The van der Waals surface area contributed by atoms with E-state index < -0.39 is 11.7 Å². The molecule has 4 heterocycles. The van der Waals surface area contributed by atoms with Gasteiger partial charge in [-0.15, -0.1) is 0 Å². The molecule has 9 nitrogen and oxygen atoms in total. The molecule has 0 saturated heterocycles. The maximum atomic E-state index is 14.8. The minimum atomic E-state index is -4.63. The highest BCUT2D eigenvalue weighted by Crippen LogP contribution is 2.43. The van der Waals surface area contributed by atoms with E-state index in [-0.39, 0.29) is 0 Å². The number of fused-ring (bicyclic) bond motifs is 6. The minimum absolute atomic E-state index is 0.301.